The van der Waals surface area contributed by atoms with Gasteiger partial charge in [0.25, 0.3) is 0 Å². The molecule has 0 radical (unpaired) electrons. The first kappa shape index (κ1) is 17.5. The van der Waals surface area contributed by atoms with Gasteiger partial charge in [-0.25, -0.2) is 0 Å². The Labute approximate surface area is 149 Å². The average molecular weight is 338 g/mol. The number of hydrogen-bond acceptors (Lipinski definition) is 3. The van der Waals surface area contributed by atoms with E-state index in [9.17, 15) is 4.79 Å². The number of benzene rings is 2. The maximum absolute atomic E-state index is 12.5. The highest BCUT2D eigenvalue weighted by atomic mass is 16.5. The van der Waals surface area contributed by atoms with Crippen molar-refractivity contribution < 1.29 is 9.53 Å². The molecule has 1 aliphatic carbocycles. The van der Waals surface area contributed by atoms with Crippen molar-refractivity contribution in [1.29, 1.82) is 0 Å². The summed E-state index contributed by atoms with van der Waals surface area (Å²) in [5, 5.41) is 3.08. The van der Waals surface area contributed by atoms with Gasteiger partial charge in [0.2, 0.25) is 5.91 Å². The van der Waals surface area contributed by atoms with Crippen LogP contribution in [0.2, 0.25) is 0 Å². The van der Waals surface area contributed by atoms with Crippen LogP contribution in [0, 0.1) is 0 Å². The van der Waals surface area contributed by atoms with Crippen molar-refractivity contribution in [3.05, 3.63) is 59.7 Å². The van der Waals surface area contributed by atoms with Gasteiger partial charge in [-0.05, 0) is 48.6 Å². The number of nitrogens with one attached hydrogen (secondary N) is 1. The van der Waals surface area contributed by atoms with E-state index in [-0.39, 0.29) is 5.91 Å². The number of methoxy groups -OCH3 is 1. The molecule has 132 valence electrons. The van der Waals surface area contributed by atoms with Crippen LogP contribution in [0.5, 0.6) is 5.75 Å². The van der Waals surface area contributed by atoms with Crippen LogP contribution < -0.4 is 10.1 Å². The number of aryl methyl sites for hydroxylation is 1. The van der Waals surface area contributed by atoms with Crippen molar-refractivity contribution in [1.82, 2.24) is 4.90 Å². The molecule has 1 saturated carbocycles. The fourth-order valence-electron chi connectivity index (χ4n) is 3.04. The number of carbonyl (C=O) groups excluding carboxylic acids is 1. The van der Waals surface area contributed by atoms with Crippen molar-refractivity contribution in [3.8, 4) is 5.75 Å². The smallest absolute Gasteiger partial charge is 0.238 e. The van der Waals surface area contributed by atoms with Crippen LogP contribution in [0.4, 0.5) is 5.69 Å². The molecule has 1 fully saturated rings. The van der Waals surface area contributed by atoms with Crippen molar-refractivity contribution in [2.75, 3.05) is 19.0 Å². The molecule has 2 aromatic carbocycles. The monoisotopic (exact) mass is 338 g/mol. The molecule has 3 rings (SSSR count). The summed E-state index contributed by atoms with van der Waals surface area (Å²) in [5.74, 6) is 0.914. The third kappa shape index (κ3) is 4.83. The Morgan fingerprint density at radius 3 is 2.52 bits per heavy atom. The van der Waals surface area contributed by atoms with Crippen molar-refractivity contribution in [2.24, 2.45) is 0 Å². The summed E-state index contributed by atoms with van der Waals surface area (Å²) in [4.78, 5) is 14.8. The zero-order valence-electron chi connectivity index (χ0n) is 15.0. The topological polar surface area (TPSA) is 41.6 Å². The Kier molecular flexibility index (Phi) is 5.71. The van der Waals surface area contributed by atoms with Gasteiger partial charge in [0, 0.05) is 18.3 Å². The Balaban J connectivity index is 1.62. The molecule has 1 amide bonds. The molecule has 0 atom stereocenters. The zero-order chi connectivity index (χ0) is 17.6. The molecule has 4 heteroatoms. The van der Waals surface area contributed by atoms with Crippen LogP contribution in [-0.2, 0) is 17.8 Å². The minimum absolute atomic E-state index is 0.0568. The summed E-state index contributed by atoms with van der Waals surface area (Å²) in [6.07, 6.45) is 3.26. The predicted molar refractivity (Wildman–Crippen MR) is 101 cm³/mol. The van der Waals surface area contributed by atoms with Crippen LogP contribution in [0.3, 0.4) is 0 Å². The highest BCUT2D eigenvalue weighted by molar-refractivity contribution is 5.93. The molecule has 0 heterocycles. The number of carbonyl (C=O) groups is 1. The minimum atomic E-state index is 0.0568. The molecule has 4 nitrogen and oxygen atoms in total. The molecule has 2 aromatic rings. The SMILES string of the molecule is CCc1ccccc1NC(=O)CN(Cc1ccc(OC)cc1)C1CC1. The predicted octanol–water partition coefficient (Wildman–Crippen LogP) is 3.86. The molecule has 25 heavy (non-hydrogen) atoms. The maximum Gasteiger partial charge on any atom is 0.238 e. The first-order valence-electron chi connectivity index (χ1n) is 8.94. The van der Waals surface area contributed by atoms with E-state index in [1.807, 2.05) is 30.3 Å². The number of para-hydroxylation sites is 1. The summed E-state index contributed by atoms with van der Waals surface area (Å²) in [6.45, 7) is 3.32. The quantitative estimate of drug-likeness (QED) is 0.795. The molecule has 0 aromatic heterocycles. The van der Waals surface area contributed by atoms with Crippen molar-refractivity contribution in [2.45, 2.75) is 38.8 Å². The third-order valence-corrected chi connectivity index (χ3v) is 4.63. The number of amides is 1. The largest absolute Gasteiger partial charge is 0.497 e. The molecule has 0 bridgehead atoms. The third-order valence-electron chi connectivity index (χ3n) is 4.63. The van der Waals surface area contributed by atoms with E-state index in [1.54, 1.807) is 7.11 Å². The van der Waals surface area contributed by atoms with E-state index in [0.29, 0.717) is 12.6 Å². The lowest BCUT2D eigenvalue weighted by atomic mass is 10.1. The average Bonchev–Trinajstić information content (AvgIpc) is 3.47. The van der Waals surface area contributed by atoms with E-state index >= 15 is 0 Å². The van der Waals surface area contributed by atoms with Gasteiger partial charge in [-0.15, -0.1) is 0 Å². The number of nitrogens with zero attached hydrogens (tertiary/aromatic N) is 1. The highest BCUT2D eigenvalue weighted by Gasteiger charge is 2.30. The lowest BCUT2D eigenvalue weighted by Crippen LogP contribution is -2.34. The minimum Gasteiger partial charge on any atom is -0.497 e. The van der Waals surface area contributed by atoms with Crippen molar-refractivity contribution in [3.63, 3.8) is 0 Å². The van der Waals surface area contributed by atoms with Gasteiger partial charge in [-0.1, -0.05) is 37.3 Å². The number of rotatable bonds is 8. The van der Waals surface area contributed by atoms with Gasteiger partial charge < -0.3 is 10.1 Å². The highest BCUT2D eigenvalue weighted by Crippen LogP contribution is 2.28. The van der Waals surface area contributed by atoms with Gasteiger partial charge in [0.1, 0.15) is 5.75 Å². The fourth-order valence-corrected chi connectivity index (χ4v) is 3.04. The number of hydrogen-bond donors (Lipinski definition) is 1. The van der Waals surface area contributed by atoms with E-state index in [1.165, 1.54) is 24.0 Å². The summed E-state index contributed by atoms with van der Waals surface area (Å²) in [6, 6.07) is 16.6. The maximum atomic E-state index is 12.5. The zero-order valence-corrected chi connectivity index (χ0v) is 15.0. The molecule has 1 N–H and O–H groups in total. The van der Waals surface area contributed by atoms with Gasteiger partial charge in [-0.3, -0.25) is 9.69 Å². The Morgan fingerprint density at radius 2 is 1.88 bits per heavy atom. The van der Waals surface area contributed by atoms with Crippen LogP contribution in [0.25, 0.3) is 0 Å². The van der Waals surface area contributed by atoms with Crippen molar-refractivity contribution >= 4 is 11.6 Å². The lowest BCUT2D eigenvalue weighted by Gasteiger charge is -2.22. The normalized spacial score (nSPS) is 13.7. The summed E-state index contributed by atoms with van der Waals surface area (Å²) in [7, 11) is 1.67. The van der Waals surface area contributed by atoms with E-state index < -0.39 is 0 Å². The van der Waals surface area contributed by atoms with Gasteiger partial charge >= 0.3 is 0 Å². The summed E-state index contributed by atoms with van der Waals surface area (Å²) in [5.41, 5.74) is 3.30. The van der Waals surface area contributed by atoms with Crippen LogP contribution in [-0.4, -0.2) is 30.5 Å². The van der Waals surface area contributed by atoms with Crippen LogP contribution in [0.1, 0.15) is 30.9 Å². The molecule has 0 saturated heterocycles. The first-order valence-corrected chi connectivity index (χ1v) is 8.94. The molecule has 0 spiro atoms. The van der Waals surface area contributed by atoms with E-state index in [2.05, 4.69) is 35.3 Å². The summed E-state index contributed by atoms with van der Waals surface area (Å²) >= 11 is 0. The molecule has 0 aliphatic heterocycles. The standard InChI is InChI=1S/C21H26N2O2/c1-3-17-6-4-5-7-20(17)22-21(24)15-23(18-10-11-18)14-16-8-12-19(25-2)13-9-16/h4-9,12-13,18H,3,10-11,14-15H2,1-2H3,(H,22,24). The second-order valence-corrected chi connectivity index (χ2v) is 6.54. The Hall–Kier alpha value is -2.33. The van der Waals surface area contributed by atoms with Gasteiger partial charge in [0.05, 0.1) is 13.7 Å². The van der Waals surface area contributed by atoms with Crippen LogP contribution >= 0.6 is 0 Å². The van der Waals surface area contributed by atoms with Gasteiger partial charge in [0.15, 0.2) is 0 Å². The Morgan fingerprint density at radius 1 is 1.16 bits per heavy atom. The molecular formula is C21H26N2O2. The summed E-state index contributed by atoms with van der Waals surface area (Å²) < 4.78 is 5.21. The lowest BCUT2D eigenvalue weighted by molar-refractivity contribution is -0.117. The first-order chi connectivity index (χ1) is 12.2. The van der Waals surface area contributed by atoms with Crippen LogP contribution in [0.15, 0.2) is 48.5 Å². The molecule has 1 aliphatic rings. The second-order valence-electron chi connectivity index (χ2n) is 6.54. The number of anilines is 1. The fraction of sp³-hybridized carbons (Fsp3) is 0.381. The Bertz CT molecular complexity index is 708. The number of ether oxygens (including phenoxy) is 1. The molecular weight excluding hydrogens is 312 g/mol. The van der Waals surface area contributed by atoms with Gasteiger partial charge in [-0.2, -0.15) is 0 Å². The van der Waals surface area contributed by atoms with E-state index in [0.717, 1.165) is 24.4 Å². The molecule has 0 unspecified atom stereocenters. The second kappa shape index (κ2) is 8.17. The van der Waals surface area contributed by atoms with E-state index in [4.69, 9.17) is 4.74 Å².